The lowest BCUT2D eigenvalue weighted by Gasteiger charge is -2.12. The number of nitrogens with zero attached hydrogens (tertiary/aromatic N) is 2. The largest absolute Gasteiger partial charge is 0.487 e. The number of nitro benzene ring substituents is 1. The van der Waals surface area contributed by atoms with E-state index in [1.54, 1.807) is 25.1 Å². The Bertz CT molecular complexity index is 1000. The fraction of sp³-hybridized carbons (Fsp3) is 0.158. The SMILES string of the molecule is CCN1C(=O)S/C(=C/c2cc(I)c(OCc3ccc([N+](=O)[O-])cc3)c(I)c2)C1=O. The monoisotopic (exact) mass is 636 g/mol. The van der Waals surface area contributed by atoms with E-state index in [1.165, 1.54) is 17.0 Å². The Morgan fingerprint density at radius 3 is 2.31 bits per heavy atom. The van der Waals surface area contributed by atoms with Gasteiger partial charge in [0, 0.05) is 18.7 Å². The summed E-state index contributed by atoms with van der Waals surface area (Å²) in [5, 5.41) is 10.5. The van der Waals surface area contributed by atoms with Crippen LogP contribution in [0.15, 0.2) is 41.3 Å². The third-order valence-electron chi connectivity index (χ3n) is 4.04. The van der Waals surface area contributed by atoms with Gasteiger partial charge in [-0.25, -0.2) is 0 Å². The first-order chi connectivity index (χ1) is 13.8. The Hall–Kier alpha value is -1.67. The van der Waals surface area contributed by atoms with Gasteiger partial charge in [0.2, 0.25) is 0 Å². The zero-order valence-corrected chi connectivity index (χ0v) is 20.2. The number of ether oxygens (including phenoxy) is 1. The van der Waals surface area contributed by atoms with Crippen LogP contribution in [0, 0.1) is 17.3 Å². The number of carbonyl (C=O) groups excluding carboxylic acids is 2. The lowest BCUT2D eigenvalue weighted by Crippen LogP contribution is -2.27. The number of benzene rings is 2. The molecule has 1 heterocycles. The van der Waals surface area contributed by atoms with E-state index in [9.17, 15) is 19.7 Å². The number of imide groups is 1. The number of likely N-dealkylation sites (N-methyl/N-ethyl adjacent to an activating group) is 1. The van der Waals surface area contributed by atoms with Crippen LogP contribution in [-0.2, 0) is 11.4 Å². The Kier molecular flexibility index (Phi) is 7.16. The third-order valence-corrected chi connectivity index (χ3v) is 6.55. The maximum Gasteiger partial charge on any atom is 0.293 e. The van der Waals surface area contributed by atoms with Gasteiger partial charge >= 0.3 is 0 Å². The zero-order valence-electron chi connectivity index (χ0n) is 15.1. The molecular formula is C19H14I2N2O5S. The van der Waals surface area contributed by atoms with E-state index in [0.29, 0.717) is 17.2 Å². The summed E-state index contributed by atoms with van der Waals surface area (Å²) in [4.78, 5) is 36.0. The molecule has 7 nitrogen and oxygen atoms in total. The number of amides is 2. The smallest absolute Gasteiger partial charge is 0.293 e. The molecule has 150 valence electrons. The molecule has 0 saturated carbocycles. The van der Waals surface area contributed by atoms with E-state index < -0.39 is 4.92 Å². The van der Waals surface area contributed by atoms with Gasteiger partial charge in [-0.3, -0.25) is 24.6 Å². The van der Waals surface area contributed by atoms with Crippen molar-refractivity contribution in [3.05, 3.63) is 69.7 Å². The topological polar surface area (TPSA) is 89.8 Å². The van der Waals surface area contributed by atoms with Crippen molar-refractivity contribution in [2.75, 3.05) is 6.54 Å². The average Bonchev–Trinajstić information content (AvgIpc) is 2.94. The number of hydrogen-bond acceptors (Lipinski definition) is 6. The van der Waals surface area contributed by atoms with Gasteiger partial charge in [0.15, 0.2) is 0 Å². The minimum atomic E-state index is -0.440. The zero-order chi connectivity index (χ0) is 21.1. The summed E-state index contributed by atoms with van der Waals surface area (Å²) in [6, 6.07) is 9.98. The van der Waals surface area contributed by atoms with Crippen molar-refractivity contribution in [3.8, 4) is 5.75 Å². The summed E-state index contributed by atoms with van der Waals surface area (Å²) in [6.45, 7) is 2.40. The van der Waals surface area contributed by atoms with Gasteiger partial charge in [-0.15, -0.1) is 0 Å². The molecule has 1 aliphatic heterocycles. The Labute approximate surface area is 198 Å². The quantitative estimate of drug-likeness (QED) is 0.182. The van der Waals surface area contributed by atoms with Crippen molar-refractivity contribution in [2.45, 2.75) is 13.5 Å². The second kappa shape index (κ2) is 9.43. The molecule has 1 fully saturated rings. The number of thioether (sulfide) groups is 1. The van der Waals surface area contributed by atoms with E-state index >= 15 is 0 Å². The highest BCUT2D eigenvalue weighted by atomic mass is 127. The molecule has 0 spiro atoms. The van der Waals surface area contributed by atoms with E-state index in [1.807, 2.05) is 12.1 Å². The third kappa shape index (κ3) is 5.09. The van der Waals surface area contributed by atoms with Crippen LogP contribution in [0.1, 0.15) is 18.1 Å². The van der Waals surface area contributed by atoms with Crippen LogP contribution in [0.5, 0.6) is 5.75 Å². The molecule has 2 amide bonds. The molecule has 0 aromatic heterocycles. The fourth-order valence-electron chi connectivity index (χ4n) is 2.59. The molecule has 29 heavy (non-hydrogen) atoms. The van der Waals surface area contributed by atoms with Crippen molar-refractivity contribution in [1.82, 2.24) is 4.90 Å². The van der Waals surface area contributed by atoms with Gasteiger partial charge in [0.05, 0.1) is 17.0 Å². The predicted molar refractivity (Wildman–Crippen MR) is 128 cm³/mol. The lowest BCUT2D eigenvalue weighted by atomic mass is 10.2. The second-order valence-corrected chi connectivity index (χ2v) is 9.27. The molecule has 3 rings (SSSR count). The molecule has 1 saturated heterocycles. The van der Waals surface area contributed by atoms with Crippen molar-refractivity contribution in [1.29, 1.82) is 0 Å². The molecule has 0 radical (unpaired) electrons. The van der Waals surface area contributed by atoms with Crippen molar-refractivity contribution < 1.29 is 19.2 Å². The van der Waals surface area contributed by atoms with Crippen LogP contribution in [0.2, 0.25) is 0 Å². The van der Waals surface area contributed by atoms with Crippen LogP contribution < -0.4 is 4.74 Å². The molecule has 0 unspecified atom stereocenters. The number of rotatable bonds is 6. The number of carbonyl (C=O) groups is 2. The standard InChI is InChI=1S/C19H14I2N2O5S/c1-2-22-18(24)16(29-19(22)25)9-12-7-14(20)17(15(21)8-12)28-10-11-3-5-13(6-4-11)23(26)27/h3-9H,2,10H2,1H3/b16-9+. The van der Waals surface area contributed by atoms with Gasteiger partial charge in [-0.2, -0.15) is 0 Å². The number of nitro groups is 1. The van der Waals surface area contributed by atoms with Crippen LogP contribution in [0.4, 0.5) is 10.5 Å². The number of hydrogen-bond donors (Lipinski definition) is 0. The van der Waals surface area contributed by atoms with Crippen LogP contribution in [-0.4, -0.2) is 27.5 Å². The molecular weight excluding hydrogens is 622 g/mol. The molecule has 0 bridgehead atoms. The van der Waals surface area contributed by atoms with Gasteiger partial charge in [0.1, 0.15) is 12.4 Å². The summed E-state index contributed by atoms with van der Waals surface area (Å²) < 4.78 is 7.63. The molecule has 0 N–H and O–H groups in total. The first-order valence-corrected chi connectivity index (χ1v) is 11.4. The summed E-state index contributed by atoms with van der Waals surface area (Å²) in [5.41, 5.74) is 1.66. The highest BCUT2D eigenvalue weighted by molar-refractivity contribution is 14.1. The molecule has 2 aromatic rings. The Balaban J connectivity index is 1.76. The normalized spacial score (nSPS) is 15.3. The summed E-state index contributed by atoms with van der Waals surface area (Å²) in [5.74, 6) is 0.425. The molecule has 2 aromatic carbocycles. The van der Waals surface area contributed by atoms with Crippen molar-refractivity contribution >= 4 is 79.9 Å². The summed E-state index contributed by atoms with van der Waals surface area (Å²) >= 11 is 5.26. The van der Waals surface area contributed by atoms with Gasteiger partial charge in [0.25, 0.3) is 16.8 Å². The maximum atomic E-state index is 12.3. The highest BCUT2D eigenvalue weighted by Crippen LogP contribution is 2.35. The number of halogens is 2. The highest BCUT2D eigenvalue weighted by Gasteiger charge is 2.33. The van der Waals surface area contributed by atoms with Crippen molar-refractivity contribution in [3.63, 3.8) is 0 Å². The minimum absolute atomic E-state index is 0.0368. The Morgan fingerprint density at radius 1 is 1.17 bits per heavy atom. The van der Waals surface area contributed by atoms with E-state index in [4.69, 9.17) is 4.74 Å². The second-order valence-electron chi connectivity index (χ2n) is 5.95. The summed E-state index contributed by atoms with van der Waals surface area (Å²) in [7, 11) is 0. The van der Waals surface area contributed by atoms with Crippen LogP contribution in [0.25, 0.3) is 6.08 Å². The molecule has 0 atom stereocenters. The first-order valence-electron chi connectivity index (χ1n) is 8.40. The predicted octanol–water partition coefficient (Wildman–Crippen LogP) is 5.44. The summed E-state index contributed by atoms with van der Waals surface area (Å²) in [6.07, 6.45) is 1.71. The lowest BCUT2D eigenvalue weighted by molar-refractivity contribution is -0.384. The first kappa shape index (κ1) is 22.0. The van der Waals surface area contributed by atoms with Gasteiger partial charge < -0.3 is 4.74 Å². The van der Waals surface area contributed by atoms with E-state index in [-0.39, 0.29) is 23.4 Å². The van der Waals surface area contributed by atoms with Gasteiger partial charge in [-0.1, -0.05) is 0 Å². The van der Waals surface area contributed by atoms with E-state index in [2.05, 4.69) is 45.2 Å². The van der Waals surface area contributed by atoms with Crippen LogP contribution >= 0.6 is 56.9 Å². The Morgan fingerprint density at radius 2 is 1.79 bits per heavy atom. The molecule has 0 aliphatic carbocycles. The molecule has 10 heteroatoms. The van der Waals surface area contributed by atoms with E-state index in [0.717, 1.165) is 30.0 Å². The molecule has 1 aliphatic rings. The van der Waals surface area contributed by atoms with Gasteiger partial charge in [-0.05, 0) is 105 Å². The minimum Gasteiger partial charge on any atom is -0.487 e. The van der Waals surface area contributed by atoms with Crippen LogP contribution in [0.3, 0.4) is 0 Å². The average molecular weight is 636 g/mol. The number of non-ortho nitro benzene ring substituents is 1. The fourth-order valence-corrected chi connectivity index (χ4v) is 5.62. The maximum absolute atomic E-state index is 12.3. The van der Waals surface area contributed by atoms with Crippen molar-refractivity contribution in [2.24, 2.45) is 0 Å².